The largest absolute Gasteiger partial charge is 0.393 e. The second kappa shape index (κ2) is 4.84. The van der Waals surface area contributed by atoms with Crippen LogP contribution < -0.4 is 0 Å². The highest BCUT2D eigenvalue weighted by Gasteiger charge is 2.23. The van der Waals surface area contributed by atoms with E-state index in [1.165, 1.54) is 18.2 Å². The number of halogens is 1. The van der Waals surface area contributed by atoms with Gasteiger partial charge in [0, 0.05) is 18.7 Å². The van der Waals surface area contributed by atoms with Crippen LogP contribution in [0.1, 0.15) is 28.8 Å². The van der Waals surface area contributed by atoms with Gasteiger partial charge in [-0.1, -0.05) is 0 Å². The SMILES string of the molecule is Cc1cc(F)ccc1C(=O)N1CCC(O)CC1. The van der Waals surface area contributed by atoms with Crippen molar-refractivity contribution in [2.24, 2.45) is 0 Å². The first kappa shape index (κ1) is 12.0. The number of piperidine rings is 1. The first-order chi connectivity index (χ1) is 8.08. The van der Waals surface area contributed by atoms with Crippen molar-refractivity contribution in [2.75, 3.05) is 13.1 Å². The minimum absolute atomic E-state index is 0.0746. The molecule has 1 amide bonds. The van der Waals surface area contributed by atoms with Crippen molar-refractivity contribution in [3.05, 3.63) is 35.1 Å². The van der Waals surface area contributed by atoms with Gasteiger partial charge in [0.2, 0.25) is 0 Å². The molecule has 0 unspecified atom stereocenters. The van der Waals surface area contributed by atoms with E-state index in [-0.39, 0.29) is 17.8 Å². The van der Waals surface area contributed by atoms with Crippen LogP contribution >= 0.6 is 0 Å². The first-order valence-corrected chi connectivity index (χ1v) is 5.81. The standard InChI is InChI=1S/C13H16FNO2/c1-9-8-10(14)2-3-12(9)13(17)15-6-4-11(16)5-7-15/h2-3,8,11,16H,4-7H2,1H3. The van der Waals surface area contributed by atoms with Gasteiger partial charge in [-0.15, -0.1) is 0 Å². The summed E-state index contributed by atoms with van der Waals surface area (Å²) < 4.78 is 12.9. The van der Waals surface area contributed by atoms with E-state index in [9.17, 15) is 14.3 Å². The Morgan fingerprint density at radius 3 is 2.65 bits per heavy atom. The van der Waals surface area contributed by atoms with Crippen LogP contribution in [0.3, 0.4) is 0 Å². The second-order valence-corrected chi connectivity index (χ2v) is 4.48. The number of benzene rings is 1. The quantitative estimate of drug-likeness (QED) is 0.808. The number of aliphatic hydroxyl groups excluding tert-OH is 1. The van der Waals surface area contributed by atoms with E-state index in [2.05, 4.69) is 0 Å². The van der Waals surface area contributed by atoms with Gasteiger partial charge in [-0.2, -0.15) is 0 Å². The highest BCUT2D eigenvalue weighted by molar-refractivity contribution is 5.95. The Labute approximate surface area is 99.9 Å². The predicted molar refractivity (Wildman–Crippen MR) is 62.3 cm³/mol. The Morgan fingerprint density at radius 2 is 2.06 bits per heavy atom. The minimum atomic E-state index is -0.326. The maximum Gasteiger partial charge on any atom is 0.254 e. The molecule has 0 saturated carbocycles. The molecule has 1 aliphatic rings. The van der Waals surface area contributed by atoms with E-state index in [0.29, 0.717) is 37.1 Å². The van der Waals surface area contributed by atoms with Gasteiger partial charge in [0.15, 0.2) is 0 Å². The minimum Gasteiger partial charge on any atom is -0.393 e. The summed E-state index contributed by atoms with van der Waals surface area (Å²) >= 11 is 0. The van der Waals surface area contributed by atoms with Crippen LogP contribution in [-0.4, -0.2) is 35.1 Å². The van der Waals surface area contributed by atoms with Gasteiger partial charge in [-0.25, -0.2) is 4.39 Å². The fourth-order valence-corrected chi connectivity index (χ4v) is 2.11. The number of rotatable bonds is 1. The summed E-state index contributed by atoms with van der Waals surface area (Å²) in [6, 6.07) is 4.20. The summed E-state index contributed by atoms with van der Waals surface area (Å²) in [6.07, 6.45) is 0.936. The van der Waals surface area contributed by atoms with Crippen molar-refractivity contribution in [1.82, 2.24) is 4.90 Å². The summed E-state index contributed by atoms with van der Waals surface area (Å²) in [5, 5.41) is 9.38. The second-order valence-electron chi connectivity index (χ2n) is 4.48. The average molecular weight is 237 g/mol. The Kier molecular flexibility index (Phi) is 3.43. The number of aryl methyl sites for hydroxylation is 1. The molecular formula is C13H16FNO2. The lowest BCUT2D eigenvalue weighted by Crippen LogP contribution is -2.40. The van der Waals surface area contributed by atoms with Gasteiger partial charge in [0.05, 0.1) is 6.10 Å². The molecule has 4 heteroatoms. The number of likely N-dealkylation sites (tertiary alicyclic amines) is 1. The van der Waals surface area contributed by atoms with E-state index >= 15 is 0 Å². The highest BCUT2D eigenvalue weighted by atomic mass is 19.1. The van der Waals surface area contributed by atoms with Crippen LogP contribution in [0.15, 0.2) is 18.2 Å². The molecule has 1 heterocycles. The van der Waals surface area contributed by atoms with E-state index in [4.69, 9.17) is 0 Å². The molecule has 3 nitrogen and oxygen atoms in total. The molecule has 1 aromatic rings. The lowest BCUT2D eigenvalue weighted by molar-refractivity contribution is 0.0546. The Morgan fingerprint density at radius 1 is 1.41 bits per heavy atom. The fraction of sp³-hybridized carbons (Fsp3) is 0.462. The molecule has 2 rings (SSSR count). The highest BCUT2D eigenvalue weighted by Crippen LogP contribution is 2.17. The molecule has 0 atom stereocenters. The monoisotopic (exact) mass is 237 g/mol. The topological polar surface area (TPSA) is 40.5 Å². The molecule has 92 valence electrons. The third kappa shape index (κ3) is 2.64. The van der Waals surface area contributed by atoms with Crippen LogP contribution in [0.2, 0.25) is 0 Å². The first-order valence-electron chi connectivity index (χ1n) is 5.81. The molecule has 17 heavy (non-hydrogen) atoms. The third-order valence-electron chi connectivity index (χ3n) is 3.17. The summed E-state index contributed by atoms with van der Waals surface area (Å²) in [6.45, 7) is 2.86. The number of nitrogens with zero attached hydrogens (tertiary/aromatic N) is 1. The van der Waals surface area contributed by atoms with Gasteiger partial charge >= 0.3 is 0 Å². The third-order valence-corrected chi connectivity index (χ3v) is 3.17. The summed E-state index contributed by atoms with van der Waals surface area (Å²) in [5.41, 5.74) is 1.20. The van der Waals surface area contributed by atoms with Crippen molar-refractivity contribution in [3.8, 4) is 0 Å². The zero-order valence-corrected chi connectivity index (χ0v) is 9.82. The molecule has 0 spiro atoms. The lowest BCUT2D eigenvalue weighted by Gasteiger charge is -2.30. The number of aliphatic hydroxyl groups is 1. The molecule has 1 N–H and O–H groups in total. The Balaban J connectivity index is 2.14. The number of carbonyl (C=O) groups excluding carboxylic acids is 1. The number of carbonyl (C=O) groups is 1. The number of hydrogen-bond donors (Lipinski definition) is 1. The zero-order chi connectivity index (χ0) is 12.4. The van der Waals surface area contributed by atoms with Gasteiger partial charge < -0.3 is 10.0 Å². The maximum atomic E-state index is 12.9. The van der Waals surface area contributed by atoms with Crippen LogP contribution in [-0.2, 0) is 0 Å². The van der Waals surface area contributed by atoms with Crippen LogP contribution in [0, 0.1) is 12.7 Å². The van der Waals surface area contributed by atoms with Crippen LogP contribution in [0.4, 0.5) is 4.39 Å². The lowest BCUT2D eigenvalue weighted by atomic mass is 10.0. The van der Waals surface area contributed by atoms with E-state index in [0.717, 1.165) is 0 Å². The Bertz CT molecular complexity index is 425. The van der Waals surface area contributed by atoms with E-state index < -0.39 is 0 Å². The van der Waals surface area contributed by atoms with Crippen molar-refractivity contribution >= 4 is 5.91 Å². The number of amides is 1. The average Bonchev–Trinajstić information content (AvgIpc) is 2.29. The molecule has 1 saturated heterocycles. The molecule has 1 aromatic carbocycles. The summed E-state index contributed by atoms with van der Waals surface area (Å²) in [7, 11) is 0. The van der Waals surface area contributed by atoms with Crippen molar-refractivity contribution in [3.63, 3.8) is 0 Å². The molecule has 0 bridgehead atoms. The van der Waals surface area contributed by atoms with Crippen molar-refractivity contribution in [1.29, 1.82) is 0 Å². The molecule has 0 radical (unpaired) electrons. The van der Waals surface area contributed by atoms with E-state index in [1.807, 2.05) is 0 Å². The predicted octanol–water partition coefficient (Wildman–Crippen LogP) is 1.73. The Hall–Kier alpha value is -1.42. The normalized spacial score (nSPS) is 17.2. The van der Waals surface area contributed by atoms with Gasteiger partial charge in [-0.05, 0) is 43.5 Å². The number of hydrogen-bond acceptors (Lipinski definition) is 2. The van der Waals surface area contributed by atoms with E-state index in [1.54, 1.807) is 11.8 Å². The molecule has 0 aliphatic carbocycles. The maximum absolute atomic E-state index is 12.9. The zero-order valence-electron chi connectivity index (χ0n) is 9.82. The smallest absolute Gasteiger partial charge is 0.254 e. The molecule has 1 aliphatic heterocycles. The van der Waals surface area contributed by atoms with Gasteiger partial charge in [-0.3, -0.25) is 4.79 Å². The van der Waals surface area contributed by atoms with Crippen molar-refractivity contribution < 1.29 is 14.3 Å². The molecular weight excluding hydrogens is 221 g/mol. The molecule has 0 aromatic heterocycles. The van der Waals surface area contributed by atoms with Crippen LogP contribution in [0.5, 0.6) is 0 Å². The van der Waals surface area contributed by atoms with Gasteiger partial charge in [0.25, 0.3) is 5.91 Å². The van der Waals surface area contributed by atoms with Gasteiger partial charge in [0.1, 0.15) is 5.82 Å². The summed E-state index contributed by atoms with van der Waals surface area (Å²) in [4.78, 5) is 13.9. The summed E-state index contributed by atoms with van der Waals surface area (Å²) in [5.74, 6) is -0.400. The van der Waals surface area contributed by atoms with Crippen LogP contribution in [0.25, 0.3) is 0 Å². The fourth-order valence-electron chi connectivity index (χ4n) is 2.11. The molecule has 1 fully saturated rings. The van der Waals surface area contributed by atoms with Crippen molar-refractivity contribution in [2.45, 2.75) is 25.9 Å².